The van der Waals surface area contributed by atoms with Gasteiger partial charge in [0.15, 0.2) is 0 Å². The highest BCUT2D eigenvalue weighted by Gasteiger charge is 2.06. The Morgan fingerprint density at radius 2 is 2.06 bits per heavy atom. The van der Waals surface area contributed by atoms with Crippen LogP contribution in [0.5, 0.6) is 0 Å². The molecule has 0 fully saturated rings. The normalized spacial score (nSPS) is 10.6. The molecule has 1 heterocycles. The molecule has 1 aromatic carbocycles. The zero-order chi connectivity index (χ0) is 11.4. The third kappa shape index (κ3) is 2.28. The summed E-state index contributed by atoms with van der Waals surface area (Å²) >= 11 is 0. The van der Waals surface area contributed by atoms with Crippen LogP contribution in [0.25, 0.3) is 11.1 Å². The third-order valence-electron chi connectivity index (χ3n) is 2.50. The maximum absolute atomic E-state index is 12.8. The zero-order valence-corrected chi connectivity index (χ0v) is 9.13. The summed E-state index contributed by atoms with van der Waals surface area (Å²) in [6, 6.07) is 6.46. The van der Waals surface area contributed by atoms with Gasteiger partial charge in [-0.25, -0.2) is 4.39 Å². The molecule has 3 nitrogen and oxygen atoms in total. The molecule has 2 rings (SSSR count). The van der Waals surface area contributed by atoms with Crippen molar-refractivity contribution in [1.29, 1.82) is 0 Å². The lowest BCUT2D eigenvalue weighted by molar-refractivity contribution is 0.628. The molecule has 4 heteroatoms. The number of halogens is 1. The highest BCUT2D eigenvalue weighted by Crippen LogP contribution is 2.22. The fourth-order valence-corrected chi connectivity index (χ4v) is 1.63. The van der Waals surface area contributed by atoms with Crippen LogP contribution in [0.3, 0.4) is 0 Å². The minimum Gasteiger partial charge on any atom is -0.319 e. The molecule has 0 aliphatic heterocycles. The SMILES string of the molecule is CNCCc1[nH]ncc1-c1ccc(F)cc1. The first-order valence-electron chi connectivity index (χ1n) is 5.24. The Bertz CT molecular complexity index is 448. The van der Waals surface area contributed by atoms with Crippen molar-refractivity contribution in [2.75, 3.05) is 13.6 Å². The van der Waals surface area contributed by atoms with Gasteiger partial charge in [-0.2, -0.15) is 5.10 Å². The van der Waals surface area contributed by atoms with Crippen LogP contribution in [0.4, 0.5) is 4.39 Å². The summed E-state index contributed by atoms with van der Waals surface area (Å²) in [6.45, 7) is 0.885. The van der Waals surface area contributed by atoms with Crippen molar-refractivity contribution in [2.24, 2.45) is 0 Å². The Balaban J connectivity index is 2.26. The summed E-state index contributed by atoms with van der Waals surface area (Å²) in [5.41, 5.74) is 3.09. The van der Waals surface area contributed by atoms with Gasteiger partial charge in [-0.15, -0.1) is 0 Å². The fourth-order valence-electron chi connectivity index (χ4n) is 1.63. The number of likely N-dealkylation sites (N-methyl/N-ethyl adjacent to an activating group) is 1. The van der Waals surface area contributed by atoms with E-state index < -0.39 is 0 Å². The Labute approximate surface area is 93.7 Å². The number of hydrogen-bond acceptors (Lipinski definition) is 2. The molecule has 0 atom stereocenters. The number of rotatable bonds is 4. The molecule has 0 saturated heterocycles. The van der Waals surface area contributed by atoms with E-state index in [0.29, 0.717) is 0 Å². The van der Waals surface area contributed by atoms with Crippen molar-refractivity contribution in [3.8, 4) is 11.1 Å². The molecule has 0 bridgehead atoms. The number of benzene rings is 1. The minimum absolute atomic E-state index is 0.219. The highest BCUT2D eigenvalue weighted by atomic mass is 19.1. The van der Waals surface area contributed by atoms with Crippen molar-refractivity contribution in [1.82, 2.24) is 15.5 Å². The number of nitrogens with zero attached hydrogens (tertiary/aromatic N) is 1. The largest absolute Gasteiger partial charge is 0.319 e. The molecule has 16 heavy (non-hydrogen) atoms. The van der Waals surface area contributed by atoms with Crippen molar-refractivity contribution in [2.45, 2.75) is 6.42 Å². The second-order valence-corrected chi connectivity index (χ2v) is 3.62. The summed E-state index contributed by atoms with van der Waals surface area (Å²) in [4.78, 5) is 0. The molecular formula is C12H14FN3. The second-order valence-electron chi connectivity index (χ2n) is 3.62. The lowest BCUT2D eigenvalue weighted by Gasteiger charge is -2.02. The van der Waals surface area contributed by atoms with E-state index in [1.54, 1.807) is 18.3 Å². The first-order valence-corrected chi connectivity index (χ1v) is 5.24. The van der Waals surface area contributed by atoms with E-state index in [1.165, 1.54) is 12.1 Å². The topological polar surface area (TPSA) is 40.7 Å². The van der Waals surface area contributed by atoms with Crippen LogP contribution >= 0.6 is 0 Å². The van der Waals surface area contributed by atoms with Gasteiger partial charge in [0.1, 0.15) is 5.82 Å². The predicted octanol–water partition coefficient (Wildman–Crippen LogP) is 1.98. The average molecular weight is 219 g/mol. The molecule has 0 saturated carbocycles. The molecule has 1 aromatic heterocycles. The summed E-state index contributed by atoms with van der Waals surface area (Å²) in [5, 5.41) is 10.1. The van der Waals surface area contributed by atoms with Crippen LogP contribution < -0.4 is 5.32 Å². The summed E-state index contributed by atoms with van der Waals surface area (Å²) < 4.78 is 12.8. The van der Waals surface area contributed by atoms with Gasteiger partial charge in [0.05, 0.1) is 6.20 Å². The summed E-state index contributed by atoms with van der Waals surface area (Å²) in [5.74, 6) is -0.219. The van der Waals surface area contributed by atoms with E-state index in [0.717, 1.165) is 29.8 Å². The van der Waals surface area contributed by atoms with Gasteiger partial charge in [-0.05, 0) is 24.7 Å². The van der Waals surface area contributed by atoms with Crippen LogP contribution in [-0.4, -0.2) is 23.8 Å². The van der Waals surface area contributed by atoms with Crippen molar-refractivity contribution in [3.63, 3.8) is 0 Å². The number of nitrogens with one attached hydrogen (secondary N) is 2. The van der Waals surface area contributed by atoms with E-state index in [1.807, 2.05) is 7.05 Å². The molecule has 0 unspecified atom stereocenters. The van der Waals surface area contributed by atoms with E-state index in [2.05, 4.69) is 15.5 Å². The molecule has 84 valence electrons. The molecular weight excluding hydrogens is 205 g/mol. The lowest BCUT2D eigenvalue weighted by Crippen LogP contribution is -2.11. The van der Waals surface area contributed by atoms with Crippen LogP contribution in [0.15, 0.2) is 30.5 Å². The monoisotopic (exact) mass is 219 g/mol. The van der Waals surface area contributed by atoms with Gasteiger partial charge in [0, 0.05) is 24.2 Å². The number of aromatic amines is 1. The molecule has 0 amide bonds. The van der Waals surface area contributed by atoms with E-state index in [4.69, 9.17) is 0 Å². The number of hydrogen-bond donors (Lipinski definition) is 2. The first-order chi connectivity index (χ1) is 7.81. The lowest BCUT2D eigenvalue weighted by atomic mass is 10.1. The second kappa shape index (κ2) is 4.90. The first kappa shape index (κ1) is 10.8. The van der Waals surface area contributed by atoms with E-state index >= 15 is 0 Å². The van der Waals surface area contributed by atoms with Gasteiger partial charge in [-0.3, -0.25) is 5.10 Å². The standard InChI is InChI=1S/C12H14FN3/c1-14-7-6-12-11(8-15-16-12)9-2-4-10(13)5-3-9/h2-5,8,14H,6-7H2,1H3,(H,15,16). The van der Waals surface area contributed by atoms with Gasteiger partial charge in [0.2, 0.25) is 0 Å². The van der Waals surface area contributed by atoms with E-state index in [-0.39, 0.29) is 5.82 Å². The van der Waals surface area contributed by atoms with Gasteiger partial charge < -0.3 is 5.32 Å². The van der Waals surface area contributed by atoms with Crippen molar-refractivity contribution in [3.05, 3.63) is 42.0 Å². The predicted molar refractivity (Wildman–Crippen MR) is 61.6 cm³/mol. The Morgan fingerprint density at radius 3 is 2.75 bits per heavy atom. The molecule has 0 aliphatic rings. The van der Waals surface area contributed by atoms with Crippen molar-refractivity contribution < 1.29 is 4.39 Å². The fraction of sp³-hybridized carbons (Fsp3) is 0.250. The maximum atomic E-state index is 12.8. The van der Waals surface area contributed by atoms with E-state index in [9.17, 15) is 4.39 Å². The number of H-pyrrole nitrogens is 1. The highest BCUT2D eigenvalue weighted by molar-refractivity contribution is 5.65. The molecule has 2 aromatic rings. The smallest absolute Gasteiger partial charge is 0.123 e. The van der Waals surface area contributed by atoms with Gasteiger partial charge in [0.25, 0.3) is 0 Å². The quantitative estimate of drug-likeness (QED) is 0.825. The number of aromatic nitrogens is 2. The van der Waals surface area contributed by atoms with Gasteiger partial charge in [-0.1, -0.05) is 12.1 Å². The molecule has 0 aliphatic carbocycles. The van der Waals surface area contributed by atoms with Crippen LogP contribution in [0, 0.1) is 5.82 Å². The molecule has 0 spiro atoms. The minimum atomic E-state index is -0.219. The average Bonchev–Trinajstić information content (AvgIpc) is 2.75. The van der Waals surface area contributed by atoms with Crippen LogP contribution in [0.2, 0.25) is 0 Å². The summed E-state index contributed by atoms with van der Waals surface area (Å²) in [7, 11) is 1.91. The molecule has 2 N–H and O–H groups in total. The third-order valence-corrected chi connectivity index (χ3v) is 2.50. The molecule has 0 radical (unpaired) electrons. The Kier molecular flexibility index (Phi) is 3.31. The zero-order valence-electron chi connectivity index (χ0n) is 9.13. The summed E-state index contributed by atoms with van der Waals surface area (Å²) in [6.07, 6.45) is 2.65. The van der Waals surface area contributed by atoms with Crippen LogP contribution in [0.1, 0.15) is 5.69 Å². The Hall–Kier alpha value is -1.68. The van der Waals surface area contributed by atoms with Crippen molar-refractivity contribution >= 4 is 0 Å². The Morgan fingerprint density at radius 1 is 1.31 bits per heavy atom. The maximum Gasteiger partial charge on any atom is 0.123 e. The van der Waals surface area contributed by atoms with Crippen LogP contribution in [-0.2, 0) is 6.42 Å². The van der Waals surface area contributed by atoms with Gasteiger partial charge >= 0.3 is 0 Å².